The highest BCUT2D eigenvalue weighted by atomic mass is 17.0. The summed E-state index contributed by atoms with van der Waals surface area (Å²) in [6.07, 6.45) is -5.96. The molecule has 2 heterocycles. The molecule has 2 fully saturated rings. The van der Waals surface area contributed by atoms with Crippen molar-refractivity contribution in [3.8, 4) is 0 Å². The van der Waals surface area contributed by atoms with Gasteiger partial charge in [-0.2, -0.15) is 0 Å². The summed E-state index contributed by atoms with van der Waals surface area (Å²) in [4.78, 5) is 41.6. The molecule has 7 atom stereocenters. The summed E-state index contributed by atoms with van der Waals surface area (Å²) in [7, 11) is 0. The van der Waals surface area contributed by atoms with Crippen molar-refractivity contribution in [3.05, 3.63) is 20.2 Å². The lowest BCUT2D eigenvalue weighted by Gasteiger charge is -2.26. The lowest BCUT2D eigenvalue weighted by molar-refractivity contribution is -0.799. The zero-order valence-corrected chi connectivity index (χ0v) is 15.2. The molecule has 0 amide bonds. The molecular weight excluding hydrogens is 388 g/mol. The molecule has 160 valence electrons. The molecule has 0 aliphatic carbocycles. The zero-order valence-electron chi connectivity index (χ0n) is 15.2. The number of carbonyl (C=O) groups is 1. The van der Waals surface area contributed by atoms with Crippen molar-refractivity contribution >= 4 is 6.16 Å². The molecule has 0 aromatic carbocycles. The van der Waals surface area contributed by atoms with E-state index in [0.717, 1.165) is 0 Å². The summed E-state index contributed by atoms with van der Waals surface area (Å²) in [6, 6.07) is 0. The lowest BCUT2D eigenvalue weighted by atomic mass is 9.97. The van der Waals surface area contributed by atoms with E-state index in [0.29, 0.717) is 0 Å². The van der Waals surface area contributed by atoms with Gasteiger partial charge in [-0.15, -0.1) is 20.2 Å². The van der Waals surface area contributed by atoms with Crippen LogP contribution < -0.4 is 0 Å². The third-order valence-corrected chi connectivity index (χ3v) is 4.51. The minimum Gasteiger partial charge on any atom is -0.434 e. The Balaban J connectivity index is 1.76. The molecule has 0 aromatic rings. The van der Waals surface area contributed by atoms with E-state index in [2.05, 4.69) is 9.68 Å². The van der Waals surface area contributed by atoms with Crippen LogP contribution in [-0.4, -0.2) is 77.9 Å². The minimum atomic E-state index is -1.24. The van der Waals surface area contributed by atoms with E-state index in [1.165, 1.54) is 13.8 Å². The Morgan fingerprint density at radius 1 is 1.14 bits per heavy atom. The minimum absolute atomic E-state index is 0.0619. The van der Waals surface area contributed by atoms with Gasteiger partial charge in [0.05, 0.1) is 19.8 Å². The van der Waals surface area contributed by atoms with Crippen LogP contribution in [0, 0.1) is 26.1 Å². The van der Waals surface area contributed by atoms with Crippen LogP contribution in [0.2, 0.25) is 0 Å². The van der Waals surface area contributed by atoms with Gasteiger partial charge in [-0.05, 0) is 19.3 Å². The third kappa shape index (κ3) is 5.77. The number of ether oxygens (including phenoxy) is 4. The number of hydrogen-bond acceptors (Lipinski definition) is 12. The summed E-state index contributed by atoms with van der Waals surface area (Å²) in [5.74, 6) is -0.611. The number of carbonyl (C=O) groups excluding carboxylic acids is 1. The average molecular weight is 410 g/mol. The molecule has 14 nitrogen and oxygen atoms in total. The Labute approximate surface area is 158 Å². The van der Waals surface area contributed by atoms with E-state index in [9.17, 15) is 30.1 Å². The van der Waals surface area contributed by atoms with Gasteiger partial charge >= 0.3 is 6.16 Å². The van der Waals surface area contributed by atoms with Crippen LogP contribution in [0.15, 0.2) is 0 Å². The van der Waals surface area contributed by atoms with Gasteiger partial charge in [-0.1, -0.05) is 6.92 Å². The summed E-state index contributed by atoms with van der Waals surface area (Å²) in [6.45, 7) is 2.77. The van der Waals surface area contributed by atoms with Crippen LogP contribution in [0.3, 0.4) is 0 Å². The molecule has 2 saturated heterocycles. The molecule has 3 unspecified atom stereocenters. The molecule has 2 aliphatic rings. The van der Waals surface area contributed by atoms with Gasteiger partial charge < -0.3 is 33.7 Å². The molecule has 0 saturated carbocycles. The fourth-order valence-electron chi connectivity index (χ4n) is 3.14. The van der Waals surface area contributed by atoms with Crippen LogP contribution in [0.25, 0.3) is 0 Å². The van der Waals surface area contributed by atoms with Crippen molar-refractivity contribution < 1.29 is 48.7 Å². The summed E-state index contributed by atoms with van der Waals surface area (Å²) in [5, 5.41) is 28.5. The van der Waals surface area contributed by atoms with Crippen LogP contribution in [0.5, 0.6) is 0 Å². The molecule has 14 heteroatoms. The number of aliphatic hydroxyl groups excluding tert-OH is 1. The van der Waals surface area contributed by atoms with Crippen molar-refractivity contribution in [1.29, 1.82) is 0 Å². The normalized spacial score (nSPS) is 29.2. The second-order valence-corrected chi connectivity index (χ2v) is 6.51. The second-order valence-electron chi connectivity index (χ2n) is 6.51. The van der Waals surface area contributed by atoms with E-state index < -0.39 is 58.9 Å². The van der Waals surface area contributed by atoms with E-state index >= 15 is 0 Å². The van der Waals surface area contributed by atoms with E-state index in [-0.39, 0.29) is 26.2 Å². The quantitative estimate of drug-likeness (QED) is 0.287. The Morgan fingerprint density at radius 2 is 1.79 bits per heavy atom. The van der Waals surface area contributed by atoms with Crippen LogP contribution in [0.1, 0.15) is 20.3 Å². The first-order valence-electron chi connectivity index (χ1n) is 8.56. The van der Waals surface area contributed by atoms with E-state index in [4.69, 9.17) is 18.9 Å². The van der Waals surface area contributed by atoms with E-state index in [1.54, 1.807) is 0 Å². The van der Waals surface area contributed by atoms with Crippen molar-refractivity contribution in [2.75, 3.05) is 19.8 Å². The Bertz CT molecular complexity index is 575. The van der Waals surface area contributed by atoms with Crippen molar-refractivity contribution in [2.24, 2.45) is 5.92 Å². The molecule has 0 bridgehead atoms. The molecule has 0 radical (unpaired) electrons. The van der Waals surface area contributed by atoms with E-state index in [1.807, 2.05) is 0 Å². The molecule has 0 aromatic heterocycles. The smallest absolute Gasteiger partial charge is 0.434 e. The first-order chi connectivity index (χ1) is 13.2. The molecule has 0 spiro atoms. The topological polar surface area (TPSA) is 179 Å². The SMILES string of the molecule is CC(CCOC(=O)O[C@@H]1CO[C@H]2[C@@H]1OC[C@H]2O)C(O[N+](=O)[O-])C(C)O[N+](=O)[O-]. The molecule has 2 rings (SSSR count). The fourth-order valence-corrected chi connectivity index (χ4v) is 3.14. The number of nitrogens with zero attached hydrogens (tertiary/aromatic N) is 2. The first-order valence-corrected chi connectivity index (χ1v) is 8.56. The summed E-state index contributed by atoms with van der Waals surface area (Å²) >= 11 is 0. The first kappa shape index (κ1) is 21.8. The van der Waals surface area contributed by atoms with Gasteiger partial charge in [0.1, 0.15) is 30.5 Å². The standard InChI is InChI=1S/C14H22N2O12/c1-7(11(28-16(21)22)8(2)27-15(19)20)3-4-23-14(18)26-10-6-25-12-9(17)5-24-13(10)12/h7-13,17H,3-6H2,1-2H3/t7?,8?,9-,10-,11?,12-,13-/m1/s1. The highest BCUT2D eigenvalue weighted by Gasteiger charge is 2.49. The predicted octanol–water partition coefficient (Wildman–Crippen LogP) is -0.133. The lowest BCUT2D eigenvalue weighted by Crippen LogP contribution is -2.38. The van der Waals surface area contributed by atoms with Gasteiger partial charge in [-0.3, -0.25) is 0 Å². The number of hydrogen-bond donors (Lipinski definition) is 1. The molecule has 1 N–H and O–H groups in total. The van der Waals surface area contributed by atoms with Crippen molar-refractivity contribution in [3.63, 3.8) is 0 Å². The maximum Gasteiger partial charge on any atom is 0.508 e. The second kappa shape index (κ2) is 9.66. The average Bonchev–Trinajstić information content (AvgIpc) is 3.15. The largest absolute Gasteiger partial charge is 0.508 e. The Morgan fingerprint density at radius 3 is 2.43 bits per heavy atom. The number of aliphatic hydroxyl groups is 1. The van der Waals surface area contributed by atoms with Crippen molar-refractivity contribution in [2.45, 2.75) is 56.9 Å². The third-order valence-electron chi connectivity index (χ3n) is 4.51. The van der Waals surface area contributed by atoms with Gasteiger partial charge in [0, 0.05) is 0 Å². The zero-order chi connectivity index (χ0) is 20.8. The number of rotatable bonds is 10. The van der Waals surface area contributed by atoms with Gasteiger partial charge in [0.25, 0.3) is 10.2 Å². The summed E-state index contributed by atoms with van der Waals surface area (Å²) < 4.78 is 20.7. The Kier molecular flexibility index (Phi) is 7.53. The predicted molar refractivity (Wildman–Crippen MR) is 84.9 cm³/mol. The fraction of sp³-hybridized carbons (Fsp3) is 0.929. The number of fused-ring (bicyclic) bond motifs is 1. The van der Waals surface area contributed by atoms with Crippen molar-refractivity contribution in [1.82, 2.24) is 0 Å². The van der Waals surface area contributed by atoms with Crippen LogP contribution >= 0.6 is 0 Å². The molecule has 28 heavy (non-hydrogen) atoms. The van der Waals surface area contributed by atoms with Gasteiger partial charge in [-0.25, -0.2) is 4.79 Å². The monoisotopic (exact) mass is 410 g/mol. The highest BCUT2D eigenvalue weighted by Crippen LogP contribution is 2.29. The van der Waals surface area contributed by atoms with Crippen LogP contribution in [0.4, 0.5) is 4.79 Å². The van der Waals surface area contributed by atoms with Gasteiger partial charge in [0.15, 0.2) is 6.10 Å². The maximum absolute atomic E-state index is 11.8. The maximum atomic E-state index is 11.8. The highest BCUT2D eigenvalue weighted by molar-refractivity contribution is 5.60. The molecule has 2 aliphatic heterocycles. The Hall–Kier alpha value is -2.45. The molecular formula is C14H22N2O12. The summed E-state index contributed by atoms with van der Waals surface area (Å²) in [5.41, 5.74) is 0. The van der Waals surface area contributed by atoms with Gasteiger partial charge in [0.2, 0.25) is 0 Å². The van der Waals surface area contributed by atoms with Crippen LogP contribution in [-0.2, 0) is 28.6 Å².